The van der Waals surface area contributed by atoms with Crippen LogP contribution in [0, 0.1) is 0 Å². The molecule has 0 amide bonds. The molecule has 136 valence electrons. The molecule has 0 saturated carbocycles. The van der Waals surface area contributed by atoms with Crippen LogP contribution in [0.5, 0.6) is 0 Å². The first-order valence-electron chi connectivity index (χ1n) is 9.41. The fraction of sp³-hybridized carbons (Fsp3) is 0.167. The second-order valence-corrected chi connectivity index (χ2v) is 8.08. The average molecular weight is 374 g/mol. The van der Waals surface area contributed by atoms with E-state index in [0.29, 0.717) is 4.48 Å². The molecule has 3 aromatic rings. The van der Waals surface area contributed by atoms with Crippen LogP contribution in [0.4, 0.5) is 11.4 Å². The van der Waals surface area contributed by atoms with Crippen molar-refractivity contribution in [3.63, 3.8) is 0 Å². The van der Waals surface area contributed by atoms with E-state index in [-0.39, 0.29) is 5.50 Å². The lowest BCUT2D eigenvalue weighted by Crippen LogP contribution is -2.54. The second-order valence-electron chi connectivity index (χ2n) is 6.92. The zero-order chi connectivity index (χ0) is 18.7. The van der Waals surface area contributed by atoms with Crippen molar-refractivity contribution in [1.29, 1.82) is 0 Å². The number of para-hydroxylation sites is 2. The Morgan fingerprint density at radius 3 is 2.33 bits per heavy atom. The molecule has 0 bridgehead atoms. The maximum atomic E-state index is 6.80. The van der Waals surface area contributed by atoms with Gasteiger partial charge in [-0.05, 0) is 48.0 Å². The van der Waals surface area contributed by atoms with Gasteiger partial charge in [-0.1, -0.05) is 67.3 Å². The summed E-state index contributed by atoms with van der Waals surface area (Å²) in [5.41, 5.74) is 11.8. The van der Waals surface area contributed by atoms with Gasteiger partial charge in [0, 0.05) is 12.0 Å². The quantitative estimate of drug-likeness (QED) is 0.540. The maximum absolute atomic E-state index is 6.80. The van der Waals surface area contributed by atoms with Gasteiger partial charge in [-0.15, -0.1) is 0 Å². The first-order chi connectivity index (χ1) is 13.3. The molecule has 3 aromatic carbocycles. The molecule has 4 rings (SSSR count). The number of rotatable bonds is 6. The third-order valence-electron chi connectivity index (χ3n) is 5.37. The van der Waals surface area contributed by atoms with Crippen LogP contribution in [0.2, 0.25) is 0 Å². The molecule has 0 fully saturated rings. The van der Waals surface area contributed by atoms with Crippen molar-refractivity contribution >= 4 is 29.2 Å². The maximum Gasteiger partial charge on any atom is 0.202 e. The van der Waals surface area contributed by atoms with E-state index in [4.69, 9.17) is 5.73 Å². The summed E-state index contributed by atoms with van der Waals surface area (Å²) in [6, 6.07) is 27.8. The van der Waals surface area contributed by atoms with E-state index < -0.39 is 0 Å². The van der Waals surface area contributed by atoms with Gasteiger partial charge in [-0.25, -0.2) is 4.48 Å². The van der Waals surface area contributed by atoms with Gasteiger partial charge in [-0.2, -0.15) is 0 Å². The zero-order valence-corrected chi connectivity index (χ0v) is 16.2. The van der Waals surface area contributed by atoms with Gasteiger partial charge in [-0.3, -0.25) is 5.73 Å². The fourth-order valence-electron chi connectivity index (χ4n) is 4.09. The number of thioether (sulfide) groups is 1. The monoisotopic (exact) mass is 373 g/mol. The van der Waals surface area contributed by atoms with Gasteiger partial charge < -0.3 is 0 Å². The van der Waals surface area contributed by atoms with Crippen LogP contribution in [0.15, 0.2) is 90.3 Å². The molecular formula is C24H25N2S+. The molecule has 27 heavy (non-hydrogen) atoms. The second kappa shape index (κ2) is 7.73. The summed E-state index contributed by atoms with van der Waals surface area (Å²) in [6.45, 7) is 5.02. The summed E-state index contributed by atoms with van der Waals surface area (Å²) >= 11 is 1.77. The number of fused-ring (bicyclic) bond motifs is 1. The highest BCUT2D eigenvalue weighted by atomic mass is 32.2. The zero-order valence-electron chi connectivity index (χ0n) is 15.4. The number of hydrogen-bond acceptors (Lipinski definition) is 2. The number of aryl methyl sites for hydroxylation is 1. The Kier molecular flexibility index (Phi) is 5.17. The van der Waals surface area contributed by atoms with Crippen molar-refractivity contribution in [2.24, 2.45) is 5.73 Å². The Hall–Kier alpha value is -2.33. The molecule has 2 nitrogen and oxygen atoms in total. The van der Waals surface area contributed by atoms with E-state index in [9.17, 15) is 0 Å². The van der Waals surface area contributed by atoms with E-state index >= 15 is 0 Å². The summed E-state index contributed by atoms with van der Waals surface area (Å²) in [6.07, 6.45) is 4.08. The van der Waals surface area contributed by atoms with Crippen molar-refractivity contribution in [2.45, 2.75) is 23.2 Å². The van der Waals surface area contributed by atoms with Gasteiger partial charge in [0.1, 0.15) is 5.69 Å². The van der Waals surface area contributed by atoms with E-state index in [2.05, 4.69) is 85.4 Å². The van der Waals surface area contributed by atoms with E-state index in [1.165, 1.54) is 27.4 Å². The van der Waals surface area contributed by atoms with Crippen LogP contribution < -0.4 is 10.2 Å². The molecule has 0 spiro atoms. The molecule has 0 radical (unpaired) electrons. The molecular weight excluding hydrogens is 348 g/mol. The molecule has 1 aliphatic rings. The third kappa shape index (κ3) is 3.23. The average Bonchev–Trinajstić information content (AvgIpc) is 3.02. The predicted octanol–water partition coefficient (Wildman–Crippen LogP) is 5.95. The van der Waals surface area contributed by atoms with Gasteiger partial charge in [0.2, 0.25) is 5.50 Å². The van der Waals surface area contributed by atoms with Crippen molar-refractivity contribution in [1.82, 2.24) is 4.48 Å². The molecule has 0 saturated heterocycles. The molecule has 1 aliphatic heterocycles. The largest absolute Gasteiger partial charge is 0.271 e. The fourth-order valence-corrected chi connectivity index (χ4v) is 5.41. The highest BCUT2D eigenvalue weighted by Gasteiger charge is 2.48. The van der Waals surface area contributed by atoms with Crippen LogP contribution >= 0.6 is 11.8 Å². The van der Waals surface area contributed by atoms with Crippen molar-refractivity contribution in [2.75, 3.05) is 6.54 Å². The van der Waals surface area contributed by atoms with Crippen molar-refractivity contribution in [3.05, 3.63) is 96.6 Å². The van der Waals surface area contributed by atoms with E-state index in [0.717, 1.165) is 19.4 Å². The standard InChI is InChI=1S/C24H25N2S/c1-2-20-14-9-17-22-23(20)26(24(25)27-22,21-15-7-4-8-16-21)18-10-13-19-11-5-3-6-12-19/h2-9,11-12,14-17,24H,1,10,13,18,25H2/q+1. The van der Waals surface area contributed by atoms with Gasteiger partial charge in [0.25, 0.3) is 0 Å². The van der Waals surface area contributed by atoms with E-state index in [1.54, 1.807) is 11.8 Å². The predicted molar refractivity (Wildman–Crippen MR) is 118 cm³/mol. The topological polar surface area (TPSA) is 26.0 Å². The molecule has 2 atom stereocenters. The first-order valence-corrected chi connectivity index (χ1v) is 10.3. The highest BCUT2D eigenvalue weighted by molar-refractivity contribution is 8.00. The lowest BCUT2D eigenvalue weighted by atomic mass is 10.0. The lowest BCUT2D eigenvalue weighted by Gasteiger charge is -2.38. The smallest absolute Gasteiger partial charge is 0.202 e. The Morgan fingerprint density at radius 2 is 1.63 bits per heavy atom. The summed E-state index contributed by atoms with van der Waals surface area (Å²) < 4.78 is 0.676. The number of benzene rings is 3. The Bertz CT molecular complexity index is 924. The summed E-state index contributed by atoms with van der Waals surface area (Å²) in [5, 5.41) is 0. The molecule has 3 heteroatoms. The SMILES string of the molecule is C=Cc1cccc2c1[N+](CCCc1ccccc1)(c1ccccc1)C(N)S2. The Morgan fingerprint density at radius 1 is 0.926 bits per heavy atom. The Labute approximate surface area is 165 Å². The lowest BCUT2D eigenvalue weighted by molar-refractivity contribution is 0.363. The van der Waals surface area contributed by atoms with Crippen LogP contribution in [-0.2, 0) is 6.42 Å². The van der Waals surface area contributed by atoms with Crippen LogP contribution in [0.3, 0.4) is 0 Å². The third-order valence-corrected chi connectivity index (χ3v) is 6.55. The number of quaternary nitrogens is 1. The molecule has 1 heterocycles. The first kappa shape index (κ1) is 18.1. The molecule has 2 unspecified atom stereocenters. The minimum absolute atomic E-state index is 0.0562. The van der Waals surface area contributed by atoms with Gasteiger partial charge in [0.15, 0.2) is 5.69 Å². The van der Waals surface area contributed by atoms with Crippen LogP contribution in [0.25, 0.3) is 6.08 Å². The summed E-state index contributed by atoms with van der Waals surface area (Å²) in [7, 11) is 0. The minimum atomic E-state index is -0.0562. The molecule has 0 aromatic heterocycles. The highest BCUT2D eigenvalue weighted by Crippen LogP contribution is 2.53. The summed E-state index contributed by atoms with van der Waals surface area (Å²) in [5.74, 6) is 0. The van der Waals surface area contributed by atoms with Crippen LogP contribution in [-0.4, -0.2) is 12.0 Å². The van der Waals surface area contributed by atoms with Gasteiger partial charge in [0.05, 0.1) is 11.4 Å². The normalized spacial score (nSPS) is 21.0. The van der Waals surface area contributed by atoms with E-state index in [1.807, 2.05) is 6.08 Å². The number of nitrogens with two attached hydrogens (primary N) is 1. The van der Waals surface area contributed by atoms with Crippen molar-refractivity contribution in [3.8, 4) is 0 Å². The summed E-state index contributed by atoms with van der Waals surface area (Å²) in [4.78, 5) is 1.27. The Balaban J connectivity index is 1.76. The number of nitrogens with zero attached hydrogens (tertiary/aromatic N) is 1. The van der Waals surface area contributed by atoms with Crippen LogP contribution in [0.1, 0.15) is 17.5 Å². The number of hydrogen-bond donors (Lipinski definition) is 1. The van der Waals surface area contributed by atoms with Gasteiger partial charge >= 0.3 is 0 Å². The molecule has 0 aliphatic carbocycles. The van der Waals surface area contributed by atoms with Crippen molar-refractivity contribution < 1.29 is 0 Å². The molecule has 2 N–H and O–H groups in total. The minimum Gasteiger partial charge on any atom is -0.271 e.